The van der Waals surface area contributed by atoms with Crippen molar-refractivity contribution in [2.45, 2.75) is 0 Å². The molecule has 4 aromatic rings. The second-order valence-corrected chi connectivity index (χ2v) is 11.3. The van der Waals surface area contributed by atoms with Crippen molar-refractivity contribution in [3.63, 3.8) is 0 Å². The van der Waals surface area contributed by atoms with Crippen LogP contribution in [0.1, 0.15) is 20.7 Å². The molecule has 0 heterocycles. The number of carbonyl (C=O) groups excluding carboxylic acids is 2. The summed E-state index contributed by atoms with van der Waals surface area (Å²) in [5.41, 5.74) is 5.24. The van der Waals surface area contributed by atoms with E-state index >= 15 is 0 Å². The first-order valence-electron chi connectivity index (χ1n) is 10.5. The van der Waals surface area contributed by atoms with Crippen molar-refractivity contribution >= 4 is 40.6 Å². The van der Waals surface area contributed by atoms with Crippen LogP contribution in [0.4, 0.5) is 0 Å². The van der Waals surface area contributed by atoms with Gasteiger partial charge in [-0.2, -0.15) is 0 Å². The van der Waals surface area contributed by atoms with Crippen molar-refractivity contribution in [2.24, 2.45) is 11.7 Å². The highest BCUT2D eigenvalue weighted by atomic mass is 28.3. The molecule has 33 heavy (non-hydrogen) atoms. The summed E-state index contributed by atoms with van der Waals surface area (Å²) in [6.07, 6.45) is 0. The number of hydrogen-bond donors (Lipinski definition) is 4. The topological polar surface area (TPSA) is 110 Å². The fraction of sp³-hybridized carbons (Fsp3) is 0. The van der Waals surface area contributed by atoms with E-state index in [2.05, 4.69) is 47.2 Å². The highest BCUT2D eigenvalue weighted by molar-refractivity contribution is 7.20. The van der Waals surface area contributed by atoms with Crippen LogP contribution in [0.15, 0.2) is 109 Å². The molecule has 6 N–H and O–H groups in total. The average molecular weight is 453 g/mol. The van der Waals surface area contributed by atoms with Crippen molar-refractivity contribution < 1.29 is 9.59 Å². The van der Waals surface area contributed by atoms with E-state index in [1.807, 2.05) is 54.6 Å². The minimum Gasteiger partial charge on any atom is -0.290 e. The van der Waals surface area contributed by atoms with Crippen LogP contribution in [0.5, 0.6) is 0 Å². The third-order valence-electron chi connectivity index (χ3n) is 5.81. The number of nitrogens with two attached hydrogens (primary N) is 2. The molecular formula is C26H24N4O2Si. The molecule has 0 radical (unpaired) electrons. The summed E-state index contributed by atoms with van der Waals surface area (Å²) < 4.78 is 0. The minimum absolute atomic E-state index is 0.362. The maximum absolute atomic E-state index is 13.0. The Morgan fingerprint density at radius 1 is 0.576 bits per heavy atom. The van der Waals surface area contributed by atoms with Gasteiger partial charge in [-0.15, -0.1) is 0 Å². The summed E-state index contributed by atoms with van der Waals surface area (Å²) in [5, 5.41) is 3.95. The van der Waals surface area contributed by atoms with Gasteiger partial charge in [-0.3, -0.25) is 20.4 Å². The van der Waals surface area contributed by atoms with Crippen LogP contribution >= 0.6 is 0 Å². The van der Waals surface area contributed by atoms with Crippen molar-refractivity contribution in [3.8, 4) is 0 Å². The number of amides is 2. The largest absolute Gasteiger partial charge is 0.290 e. The van der Waals surface area contributed by atoms with E-state index in [4.69, 9.17) is 11.7 Å². The molecule has 0 aliphatic rings. The van der Waals surface area contributed by atoms with Crippen LogP contribution in [0.2, 0.25) is 0 Å². The van der Waals surface area contributed by atoms with Crippen LogP contribution in [0.3, 0.4) is 0 Å². The van der Waals surface area contributed by atoms with Gasteiger partial charge in [0, 0.05) is 11.1 Å². The molecule has 4 aromatic carbocycles. The summed E-state index contributed by atoms with van der Waals surface area (Å²) in [5.74, 6) is 10.1. The first-order valence-corrected chi connectivity index (χ1v) is 12.5. The van der Waals surface area contributed by atoms with Gasteiger partial charge in [0.2, 0.25) is 0 Å². The highest BCUT2D eigenvalue weighted by Crippen LogP contribution is 2.14. The summed E-state index contributed by atoms with van der Waals surface area (Å²) in [4.78, 5) is 25.5. The number of nitrogen functional groups attached to an aromatic ring is 2. The predicted octanol–water partition coefficient (Wildman–Crippen LogP) is 0.271. The van der Waals surface area contributed by atoms with Gasteiger partial charge in [0.15, 0.2) is 8.07 Å². The Bertz CT molecular complexity index is 1170. The van der Waals surface area contributed by atoms with Crippen molar-refractivity contribution in [1.29, 1.82) is 0 Å². The smallest absolute Gasteiger partial charge is 0.265 e. The van der Waals surface area contributed by atoms with Crippen molar-refractivity contribution in [2.75, 3.05) is 0 Å². The quantitative estimate of drug-likeness (QED) is 0.111. The minimum atomic E-state index is -3.05. The van der Waals surface area contributed by atoms with Crippen molar-refractivity contribution in [3.05, 3.63) is 120 Å². The number of hydrazine groups is 2. The molecule has 164 valence electrons. The van der Waals surface area contributed by atoms with E-state index in [-0.39, 0.29) is 0 Å². The zero-order valence-corrected chi connectivity index (χ0v) is 18.9. The number of benzene rings is 4. The maximum atomic E-state index is 13.0. The van der Waals surface area contributed by atoms with E-state index in [1.54, 1.807) is 18.2 Å². The Balaban J connectivity index is 2.21. The number of hydrogen-bond acceptors (Lipinski definition) is 4. The Hall–Kier alpha value is -4.04. The van der Waals surface area contributed by atoms with Gasteiger partial charge in [0.1, 0.15) is 0 Å². The molecule has 0 atom stereocenters. The molecule has 0 aliphatic carbocycles. The molecule has 7 heteroatoms. The van der Waals surface area contributed by atoms with Crippen molar-refractivity contribution in [1.82, 2.24) is 10.9 Å². The number of rotatable bonds is 6. The number of carbonyl (C=O) groups is 2. The van der Waals surface area contributed by atoms with E-state index in [0.717, 1.165) is 20.7 Å². The van der Waals surface area contributed by atoms with Crippen LogP contribution in [0.25, 0.3) is 0 Å². The fourth-order valence-electron chi connectivity index (χ4n) is 4.39. The van der Waals surface area contributed by atoms with Crippen LogP contribution in [-0.2, 0) is 0 Å². The monoisotopic (exact) mass is 452 g/mol. The zero-order chi connectivity index (χ0) is 23.3. The van der Waals surface area contributed by atoms with Gasteiger partial charge in [-0.05, 0) is 38.9 Å². The maximum Gasteiger partial charge on any atom is 0.265 e. The second-order valence-electron chi connectivity index (χ2n) is 7.56. The summed E-state index contributed by atoms with van der Waals surface area (Å²) in [6, 6.07) is 35.3. The molecule has 4 rings (SSSR count). The lowest BCUT2D eigenvalue weighted by atomic mass is 10.1. The Kier molecular flexibility index (Phi) is 6.46. The summed E-state index contributed by atoms with van der Waals surface area (Å²) in [7, 11) is -3.05. The Morgan fingerprint density at radius 2 is 1.00 bits per heavy atom. The van der Waals surface area contributed by atoms with E-state index < -0.39 is 19.9 Å². The zero-order valence-electron chi connectivity index (χ0n) is 17.9. The molecule has 0 bridgehead atoms. The first-order chi connectivity index (χ1) is 16.1. The summed E-state index contributed by atoms with van der Waals surface area (Å²) in [6.45, 7) is 0. The first kappa shape index (κ1) is 22.2. The molecule has 0 aliphatic heterocycles. The molecule has 0 spiro atoms. The van der Waals surface area contributed by atoms with Gasteiger partial charge >= 0.3 is 0 Å². The highest BCUT2D eigenvalue weighted by Gasteiger charge is 2.43. The van der Waals surface area contributed by atoms with Crippen LogP contribution in [0, 0.1) is 0 Å². The van der Waals surface area contributed by atoms with Gasteiger partial charge in [0.05, 0.1) is 0 Å². The lowest BCUT2D eigenvalue weighted by molar-refractivity contribution is 0.0943. The van der Waals surface area contributed by atoms with Crippen LogP contribution < -0.4 is 43.3 Å². The number of nitrogens with one attached hydrogen (secondary N) is 2. The average Bonchev–Trinajstić information content (AvgIpc) is 2.90. The van der Waals surface area contributed by atoms with Gasteiger partial charge < -0.3 is 0 Å². The lowest BCUT2D eigenvalue weighted by Gasteiger charge is -2.35. The molecule has 6 nitrogen and oxygen atoms in total. The van der Waals surface area contributed by atoms with E-state index in [0.29, 0.717) is 11.1 Å². The predicted molar refractivity (Wildman–Crippen MR) is 133 cm³/mol. The van der Waals surface area contributed by atoms with Crippen LogP contribution in [-0.4, -0.2) is 19.9 Å². The Labute approximate surface area is 193 Å². The molecule has 0 saturated carbocycles. The van der Waals surface area contributed by atoms with Gasteiger partial charge in [0.25, 0.3) is 11.8 Å². The van der Waals surface area contributed by atoms with Gasteiger partial charge in [-0.25, -0.2) is 11.7 Å². The standard InChI is InChI=1S/C26H24N4O2Si/c27-29-25(31)19-16-17-23(26(32)30-28)24(18-19)33(20-10-4-1-5-11-20,21-12-6-2-7-13-21)22-14-8-3-9-15-22/h1-18H,27-28H2,(H,29,31)(H,30,32). The third kappa shape index (κ3) is 3.96. The molecule has 2 amide bonds. The molecule has 0 aromatic heterocycles. The molecule has 0 unspecified atom stereocenters. The van der Waals surface area contributed by atoms with E-state index in [1.165, 1.54) is 0 Å². The third-order valence-corrected chi connectivity index (χ3v) is 10.6. The lowest BCUT2D eigenvalue weighted by Crippen LogP contribution is -2.75. The van der Waals surface area contributed by atoms with E-state index in [9.17, 15) is 9.59 Å². The molecular weight excluding hydrogens is 428 g/mol. The molecule has 0 saturated heterocycles. The Morgan fingerprint density at radius 3 is 1.39 bits per heavy atom. The SMILES string of the molecule is NNC(=O)c1ccc(C(=O)NN)c([Si](c2ccccc2)(c2ccccc2)c2ccccc2)c1. The fourth-order valence-corrected chi connectivity index (χ4v) is 9.37. The van der Waals surface area contributed by atoms with Gasteiger partial charge in [-0.1, -0.05) is 91.0 Å². The molecule has 0 fully saturated rings. The summed E-state index contributed by atoms with van der Waals surface area (Å²) >= 11 is 0. The normalized spacial score (nSPS) is 11.0. The second kappa shape index (κ2) is 9.62.